The fourth-order valence-electron chi connectivity index (χ4n) is 1.46. The fraction of sp³-hybridized carbons (Fsp3) is 0.0909. The first-order valence-corrected chi connectivity index (χ1v) is 4.90. The molecule has 5 nitrogen and oxygen atoms in total. The van der Waals surface area contributed by atoms with E-state index in [0.717, 1.165) is 0 Å². The van der Waals surface area contributed by atoms with Gasteiger partial charge in [-0.05, 0) is 17.7 Å². The molecule has 0 radical (unpaired) electrons. The van der Waals surface area contributed by atoms with Gasteiger partial charge in [0.15, 0.2) is 0 Å². The minimum Gasteiger partial charge on any atom is -0.398 e. The van der Waals surface area contributed by atoms with Gasteiger partial charge in [0, 0.05) is 18.0 Å². The molecule has 1 heterocycles. The fourth-order valence-corrected chi connectivity index (χ4v) is 1.46. The molecule has 3 N–H and O–H groups in total. The van der Waals surface area contributed by atoms with Crippen LogP contribution in [0.4, 0.5) is 10.1 Å². The maximum absolute atomic E-state index is 12.8. The van der Waals surface area contributed by atoms with Gasteiger partial charge in [-0.2, -0.15) is 0 Å². The summed E-state index contributed by atoms with van der Waals surface area (Å²) in [6, 6.07) is 5.19. The highest BCUT2D eigenvalue weighted by Crippen LogP contribution is 2.13. The van der Waals surface area contributed by atoms with Crippen LogP contribution in [0.3, 0.4) is 0 Å². The van der Waals surface area contributed by atoms with Gasteiger partial charge in [0.1, 0.15) is 5.82 Å². The number of H-pyrrole nitrogens is 1. The summed E-state index contributed by atoms with van der Waals surface area (Å²) in [5, 5.41) is 0. The largest absolute Gasteiger partial charge is 0.398 e. The SMILES string of the molecule is Nc1cc(F)ccc1Cn1ccc(=O)[nH]c1=O. The van der Waals surface area contributed by atoms with Gasteiger partial charge in [-0.25, -0.2) is 9.18 Å². The van der Waals surface area contributed by atoms with E-state index in [1.807, 2.05) is 0 Å². The minimum absolute atomic E-state index is 0.182. The molecule has 6 heteroatoms. The number of nitrogen functional groups attached to an aromatic ring is 1. The van der Waals surface area contributed by atoms with Crippen molar-refractivity contribution in [3.8, 4) is 0 Å². The third-order valence-electron chi connectivity index (χ3n) is 2.35. The summed E-state index contributed by atoms with van der Waals surface area (Å²) < 4.78 is 14.1. The molecule has 0 aliphatic rings. The van der Waals surface area contributed by atoms with Crippen LogP contribution in [0.2, 0.25) is 0 Å². The number of hydrogen-bond acceptors (Lipinski definition) is 3. The monoisotopic (exact) mass is 235 g/mol. The van der Waals surface area contributed by atoms with Crippen molar-refractivity contribution < 1.29 is 4.39 Å². The number of nitrogens with one attached hydrogen (secondary N) is 1. The highest BCUT2D eigenvalue weighted by atomic mass is 19.1. The smallest absolute Gasteiger partial charge is 0.328 e. The van der Waals surface area contributed by atoms with Gasteiger partial charge < -0.3 is 5.73 Å². The molecule has 1 aromatic heterocycles. The summed E-state index contributed by atoms with van der Waals surface area (Å²) in [4.78, 5) is 24.4. The van der Waals surface area contributed by atoms with Crippen LogP contribution >= 0.6 is 0 Å². The molecule has 17 heavy (non-hydrogen) atoms. The Morgan fingerprint density at radius 1 is 1.29 bits per heavy atom. The lowest BCUT2D eigenvalue weighted by Gasteiger charge is -2.07. The number of nitrogens with zero attached hydrogens (tertiary/aromatic N) is 1. The van der Waals surface area contributed by atoms with Gasteiger partial charge in [0.05, 0.1) is 6.54 Å². The predicted octanol–water partition coefficient (Wildman–Crippen LogP) is 0.306. The summed E-state index contributed by atoms with van der Waals surface area (Å²) in [6.07, 6.45) is 1.37. The second kappa shape index (κ2) is 4.25. The van der Waals surface area contributed by atoms with E-state index in [-0.39, 0.29) is 12.2 Å². The first kappa shape index (κ1) is 11.1. The molecule has 0 spiro atoms. The Balaban J connectivity index is 2.38. The Hall–Kier alpha value is -2.37. The molecule has 0 atom stereocenters. The summed E-state index contributed by atoms with van der Waals surface area (Å²) in [7, 11) is 0. The summed E-state index contributed by atoms with van der Waals surface area (Å²) in [5.74, 6) is -0.430. The van der Waals surface area contributed by atoms with Gasteiger partial charge >= 0.3 is 5.69 Å². The zero-order valence-corrected chi connectivity index (χ0v) is 8.81. The van der Waals surface area contributed by atoms with Gasteiger partial charge in [0.2, 0.25) is 0 Å². The zero-order valence-electron chi connectivity index (χ0n) is 8.81. The van der Waals surface area contributed by atoms with E-state index in [1.54, 1.807) is 0 Å². The topological polar surface area (TPSA) is 80.9 Å². The maximum Gasteiger partial charge on any atom is 0.328 e. The zero-order chi connectivity index (χ0) is 12.4. The molecule has 1 aromatic carbocycles. The molecule has 88 valence electrons. The average molecular weight is 235 g/mol. The normalized spacial score (nSPS) is 10.4. The Morgan fingerprint density at radius 3 is 2.71 bits per heavy atom. The van der Waals surface area contributed by atoms with Crippen molar-refractivity contribution in [2.24, 2.45) is 0 Å². The number of rotatable bonds is 2. The Morgan fingerprint density at radius 2 is 2.06 bits per heavy atom. The van der Waals surface area contributed by atoms with Gasteiger partial charge in [0.25, 0.3) is 5.56 Å². The number of nitrogens with two attached hydrogens (primary N) is 1. The van der Waals surface area contributed by atoms with Crippen LogP contribution in [0, 0.1) is 5.82 Å². The van der Waals surface area contributed by atoms with Crippen LogP contribution in [0.1, 0.15) is 5.56 Å². The number of benzene rings is 1. The van der Waals surface area contributed by atoms with Crippen molar-refractivity contribution in [2.75, 3.05) is 5.73 Å². The Labute approximate surface area is 95.3 Å². The lowest BCUT2D eigenvalue weighted by atomic mass is 10.2. The van der Waals surface area contributed by atoms with Gasteiger partial charge in [-0.1, -0.05) is 6.07 Å². The van der Waals surface area contributed by atoms with Crippen LogP contribution in [0.15, 0.2) is 40.1 Å². The van der Waals surface area contributed by atoms with Crippen LogP contribution in [0.5, 0.6) is 0 Å². The predicted molar refractivity (Wildman–Crippen MR) is 61.2 cm³/mol. The van der Waals surface area contributed by atoms with Crippen molar-refractivity contribution in [3.05, 3.63) is 62.7 Å². The summed E-state index contributed by atoms with van der Waals surface area (Å²) in [6.45, 7) is 0.182. The average Bonchev–Trinajstić information content (AvgIpc) is 2.25. The van der Waals surface area contributed by atoms with Gasteiger partial charge in [-0.3, -0.25) is 14.3 Å². The molecule has 0 unspecified atom stereocenters. The lowest BCUT2D eigenvalue weighted by Crippen LogP contribution is -2.29. The summed E-state index contributed by atoms with van der Waals surface area (Å²) in [5.41, 5.74) is 5.51. The van der Waals surface area contributed by atoms with Crippen molar-refractivity contribution in [1.29, 1.82) is 0 Å². The molecular formula is C11H10FN3O2. The molecule has 0 aliphatic heterocycles. The number of hydrogen-bond donors (Lipinski definition) is 2. The van der Waals surface area contributed by atoms with E-state index in [1.165, 1.54) is 35.0 Å². The van der Waals surface area contributed by atoms with Crippen molar-refractivity contribution >= 4 is 5.69 Å². The first-order chi connectivity index (χ1) is 8.06. The minimum atomic E-state index is -0.527. The van der Waals surface area contributed by atoms with E-state index in [0.29, 0.717) is 5.56 Å². The van der Waals surface area contributed by atoms with E-state index < -0.39 is 17.1 Å². The van der Waals surface area contributed by atoms with Crippen LogP contribution < -0.4 is 17.0 Å². The lowest BCUT2D eigenvalue weighted by molar-refractivity contribution is 0.626. The molecule has 0 aliphatic carbocycles. The number of aromatic nitrogens is 2. The van der Waals surface area contributed by atoms with E-state index >= 15 is 0 Å². The molecular weight excluding hydrogens is 225 g/mol. The highest BCUT2D eigenvalue weighted by molar-refractivity contribution is 5.46. The molecule has 0 saturated heterocycles. The van der Waals surface area contributed by atoms with E-state index in [2.05, 4.69) is 4.98 Å². The van der Waals surface area contributed by atoms with Gasteiger partial charge in [-0.15, -0.1) is 0 Å². The highest BCUT2D eigenvalue weighted by Gasteiger charge is 2.03. The van der Waals surface area contributed by atoms with Crippen molar-refractivity contribution in [3.63, 3.8) is 0 Å². The molecule has 0 fully saturated rings. The quantitative estimate of drug-likeness (QED) is 0.735. The van der Waals surface area contributed by atoms with E-state index in [4.69, 9.17) is 5.73 Å². The summed E-state index contributed by atoms with van der Waals surface area (Å²) >= 11 is 0. The Bertz CT molecular complexity index is 660. The molecule has 2 rings (SSSR count). The third kappa shape index (κ3) is 2.41. The van der Waals surface area contributed by atoms with Crippen LogP contribution in [-0.2, 0) is 6.54 Å². The second-order valence-corrected chi connectivity index (χ2v) is 3.58. The molecule has 0 bridgehead atoms. The van der Waals surface area contributed by atoms with Crippen molar-refractivity contribution in [2.45, 2.75) is 6.54 Å². The molecule has 2 aromatic rings. The molecule has 0 amide bonds. The standard InChI is InChI=1S/C11H10FN3O2/c12-8-2-1-7(9(13)5-8)6-15-4-3-10(16)14-11(15)17/h1-5H,6,13H2,(H,14,16,17). The van der Waals surface area contributed by atoms with Crippen LogP contribution in [-0.4, -0.2) is 9.55 Å². The number of aromatic amines is 1. The first-order valence-electron chi connectivity index (χ1n) is 4.90. The van der Waals surface area contributed by atoms with Crippen LogP contribution in [0.25, 0.3) is 0 Å². The van der Waals surface area contributed by atoms with Crippen molar-refractivity contribution in [1.82, 2.24) is 9.55 Å². The Kier molecular flexibility index (Phi) is 2.78. The third-order valence-corrected chi connectivity index (χ3v) is 2.35. The number of halogens is 1. The second-order valence-electron chi connectivity index (χ2n) is 3.58. The molecule has 0 saturated carbocycles. The maximum atomic E-state index is 12.8. The van der Waals surface area contributed by atoms with E-state index in [9.17, 15) is 14.0 Å². The number of anilines is 1.